The molecule has 0 atom stereocenters. The monoisotopic (exact) mass is 307 g/mol. The number of benzene rings is 1. The number of imidazole rings is 1. The SMILES string of the molecule is CCCCC(=O)Nc1ccc(-c2cn3ccc(C)cc3n2)cc1. The molecule has 2 heterocycles. The molecule has 4 heteroatoms. The summed E-state index contributed by atoms with van der Waals surface area (Å²) in [7, 11) is 0. The van der Waals surface area contributed by atoms with Crippen LogP contribution in [0.1, 0.15) is 31.7 Å². The van der Waals surface area contributed by atoms with Gasteiger partial charge in [-0.15, -0.1) is 0 Å². The molecule has 0 aliphatic rings. The molecule has 0 radical (unpaired) electrons. The van der Waals surface area contributed by atoms with Gasteiger partial charge in [-0.1, -0.05) is 25.5 Å². The number of carbonyl (C=O) groups is 1. The zero-order valence-corrected chi connectivity index (χ0v) is 13.5. The zero-order chi connectivity index (χ0) is 16.2. The first kappa shape index (κ1) is 15.3. The number of hydrogen-bond acceptors (Lipinski definition) is 2. The first-order valence-corrected chi connectivity index (χ1v) is 8.01. The molecule has 3 aromatic rings. The van der Waals surface area contributed by atoms with Gasteiger partial charge in [-0.25, -0.2) is 4.98 Å². The van der Waals surface area contributed by atoms with E-state index in [0.717, 1.165) is 35.4 Å². The molecule has 0 spiro atoms. The fourth-order valence-corrected chi connectivity index (χ4v) is 2.51. The van der Waals surface area contributed by atoms with E-state index in [1.807, 2.05) is 41.1 Å². The minimum atomic E-state index is 0.0720. The van der Waals surface area contributed by atoms with Gasteiger partial charge in [0.2, 0.25) is 5.91 Å². The molecule has 0 aliphatic carbocycles. The van der Waals surface area contributed by atoms with E-state index in [0.29, 0.717) is 6.42 Å². The number of fused-ring (bicyclic) bond motifs is 1. The average molecular weight is 307 g/mol. The lowest BCUT2D eigenvalue weighted by Crippen LogP contribution is -2.10. The molecule has 3 rings (SSSR count). The summed E-state index contributed by atoms with van der Waals surface area (Å²) in [4.78, 5) is 16.4. The van der Waals surface area contributed by atoms with Crippen molar-refractivity contribution in [2.75, 3.05) is 5.32 Å². The number of unbranched alkanes of at least 4 members (excludes halogenated alkanes) is 1. The van der Waals surface area contributed by atoms with Gasteiger partial charge in [0.25, 0.3) is 0 Å². The Balaban J connectivity index is 1.76. The smallest absolute Gasteiger partial charge is 0.224 e. The summed E-state index contributed by atoms with van der Waals surface area (Å²) in [5.74, 6) is 0.0720. The van der Waals surface area contributed by atoms with E-state index in [2.05, 4.69) is 36.3 Å². The van der Waals surface area contributed by atoms with Gasteiger partial charge >= 0.3 is 0 Å². The second-order valence-corrected chi connectivity index (χ2v) is 5.82. The van der Waals surface area contributed by atoms with Crippen LogP contribution < -0.4 is 5.32 Å². The number of aryl methyl sites for hydroxylation is 1. The molecular formula is C19H21N3O. The summed E-state index contributed by atoms with van der Waals surface area (Å²) in [6.45, 7) is 4.14. The Morgan fingerprint density at radius 3 is 2.74 bits per heavy atom. The third-order valence-electron chi connectivity index (χ3n) is 3.84. The Morgan fingerprint density at radius 1 is 1.22 bits per heavy atom. The van der Waals surface area contributed by atoms with Crippen molar-refractivity contribution < 1.29 is 4.79 Å². The highest BCUT2D eigenvalue weighted by Crippen LogP contribution is 2.21. The normalized spacial score (nSPS) is 10.9. The molecule has 1 amide bonds. The lowest BCUT2D eigenvalue weighted by molar-refractivity contribution is -0.116. The average Bonchev–Trinajstić information content (AvgIpc) is 2.96. The van der Waals surface area contributed by atoms with Crippen molar-refractivity contribution in [3.05, 3.63) is 54.4 Å². The van der Waals surface area contributed by atoms with Crippen molar-refractivity contribution >= 4 is 17.2 Å². The number of aromatic nitrogens is 2. The van der Waals surface area contributed by atoms with Crippen LogP contribution >= 0.6 is 0 Å². The minimum absolute atomic E-state index is 0.0720. The Morgan fingerprint density at radius 2 is 2.00 bits per heavy atom. The summed E-state index contributed by atoms with van der Waals surface area (Å²) in [5, 5.41) is 2.92. The van der Waals surface area contributed by atoms with Crippen LogP contribution in [-0.4, -0.2) is 15.3 Å². The summed E-state index contributed by atoms with van der Waals surface area (Å²) in [5.41, 5.74) is 4.93. The molecule has 118 valence electrons. The number of pyridine rings is 1. The second kappa shape index (κ2) is 6.65. The van der Waals surface area contributed by atoms with Gasteiger partial charge in [0.1, 0.15) is 5.65 Å². The third-order valence-corrected chi connectivity index (χ3v) is 3.84. The Labute approximate surface area is 136 Å². The molecule has 0 aliphatic heterocycles. The predicted octanol–water partition coefficient (Wildman–Crippen LogP) is 4.44. The van der Waals surface area contributed by atoms with E-state index in [-0.39, 0.29) is 5.91 Å². The van der Waals surface area contributed by atoms with Gasteiger partial charge in [0.15, 0.2) is 0 Å². The largest absolute Gasteiger partial charge is 0.326 e. The quantitative estimate of drug-likeness (QED) is 0.757. The van der Waals surface area contributed by atoms with Gasteiger partial charge in [0.05, 0.1) is 5.69 Å². The van der Waals surface area contributed by atoms with E-state index < -0.39 is 0 Å². The molecule has 2 aromatic heterocycles. The molecule has 4 nitrogen and oxygen atoms in total. The first-order valence-electron chi connectivity index (χ1n) is 8.01. The Bertz CT molecular complexity index is 818. The predicted molar refractivity (Wildman–Crippen MR) is 93.5 cm³/mol. The van der Waals surface area contributed by atoms with Gasteiger partial charge in [-0.3, -0.25) is 4.79 Å². The van der Waals surface area contributed by atoms with Crippen molar-refractivity contribution in [1.29, 1.82) is 0 Å². The summed E-state index contributed by atoms with van der Waals surface area (Å²) in [6, 6.07) is 12.0. The van der Waals surface area contributed by atoms with Crippen LogP contribution in [0.3, 0.4) is 0 Å². The number of rotatable bonds is 5. The van der Waals surface area contributed by atoms with E-state index in [9.17, 15) is 4.79 Å². The van der Waals surface area contributed by atoms with Crippen molar-refractivity contribution in [3.63, 3.8) is 0 Å². The number of nitrogens with one attached hydrogen (secondary N) is 1. The van der Waals surface area contributed by atoms with Gasteiger partial charge in [0, 0.05) is 30.1 Å². The maximum atomic E-state index is 11.7. The molecule has 0 bridgehead atoms. The van der Waals surface area contributed by atoms with Crippen LogP contribution in [0.5, 0.6) is 0 Å². The van der Waals surface area contributed by atoms with Crippen molar-refractivity contribution in [3.8, 4) is 11.3 Å². The topological polar surface area (TPSA) is 46.4 Å². The highest BCUT2D eigenvalue weighted by Gasteiger charge is 2.06. The highest BCUT2D eigenvalue weighted by atomic mass is 16.1. The summed E-state index contributed by atoms with van der Waals surface area (Å²) >= 11 is 0. The van der Waals surface area contributed by atoms with E-state index >= 15 is 0 Å². The van der Waals surface area contributed by atoms with E-state index in [1.165, 1.54) is 5.56 Å². The van der Waals surface area contributed by atoms with Crippen LogP contribution in [0.4, 0.5) is 5.69 Å². The highest BCUT2D eigenvalue weighted by molar-refractivity contribution is 5.90. The molecule has 0 fully saturated rings. The second-order valence-electron chi connectivity index (χ2n) is 5.82. The van der Waals surface area contributed by atoms with E-state index in [1.54, 1.807) is 0 Å². The molecule has 0 saturated heterocycles. The molecule has 1 aromatic carbocycles. The van der Waals surface area contributed by atoms with Gasteiger partial charge in [-0.05, 0) is 43.2 Å². The van der Waals surface area contributed by atoms with E-state index in [4.69, 9.17) is 0 Å². The molecule has 1 N–H and O–H groups in total. The Kier molecular flexibility index (Phi) is 4.42. The standard InChI is InChI=1S/C19H21N3O/c1-3-4-5-19(23)20-16-8-6-15(7-9-16)17-13-22-11-10-14(2)12-18(22)21-17/h6-13H,3-5H2,1-2H3,(H,20,23). The van der Waals surface area contributed by atoms with Crippen LogP contribution in [0.2, 0.25) is 0 Å². The third kappa shape index (κ3) is 3.59. The van der Waals surface area contributed by atoms with Crippen molar-refractivity contribution in [2.45, 2.75) is 33.1 Å². The fraction of sp³-hybridized carbons (Fsp3) is 0.263. The van der Waals surface area contributed by atoms with Crippen LogP contribution in [0, 0.1) is 6.92 Å². The maximum absolute atomic E-state index is 11.7. The number of amides is 1. The van der Waals surface area contributed by atoms with Crippen molar-refractivity contribution in [1.82, 2.24) is 9.38 Å². The van der Waals surface area contributed by atoms with Crippen LogP contribution in [-0.2, 0) is 4.79 Å². The van der Waals surface area contributed by atoms with Crippen LogP contribution in [0.25, 0.3) is 16.9 Å². The molecule has 0 saturated carbocycles. The number of hydrogen-bond donors (Lipinski definition) is 1. The van der Waals surface area contributed by atoms with Gasteiger partial charge < -0.3 is 9.72 Å². The number of nitrogens with zero attached hydrogens (tertiary/aromatic N) is 2. The summed E-state index contributed by atoms with van der Waals surface area (Å²) in [6.07, 6.45) is 6.56. The maximum Gasteiger partial charge on any atom is 0.224 e. The van der Waals surface area contributed by atoms with Gasteiger partial charge in [-0.2, -0.15) is 0 Å². The molecule has 0 unspecified atom stereocenters. The molecule has 23 heavy (non-hydrogen) atoms. The lowest BCUT2D eigenvalue weighted by Gasteiger charge is -2.05. The zero-order valence-electron chi connectivity index (χ0n) is 13.5. The minimum Gasteiger partial charge on any atom is -0.326 e. The molecular weight excluding hydrogens is 286 g/mol. The Hall–Kier alpha value is -2.62. The van der Waals surface area contributed by atoms with Crippen molar-refractivity contribution in [2.24, 2.45) is 0 Å². The number of carbonyl (C=O) groups excluding carboxylic acids is 1. The lowest BCUT2D eigenvalue weighted by atomic mass is 10.1. The number of anilines is 1. The van der Waals surface area contributed by atoms with Crippen LogP contribution in [0.15, 0.2) is 48.8 Å². The summed E-state index contributed by atoms with van der Waals surface area (Å²) < 4.78 is 2.02. The fourth-order valence-electron chi connectivity index (χ4n) is 2.51. The first-order chi connectivity index (χ1) is 11.2.